The minimum atomic E-state index is -0.241. The number of carbonyl (C=O) groups excluding carboxylic acids is 1. The standard InChI is InChI=1S/C28H33FN6O2/c1-17-14-18(10-12-30-17)27-21-15-34(13-11-23(21)32-33-27)28(36)31-24-8-6-19-7-9-25(24)35(19)16-20-22(29)4-3-5-26(20)37-2/h3-5,10,12,14,19,24-25H,6-9,11,13,15-16H2,1-2H3,(H,31,36)(H,32,33)/t19-,24+,25-/m0/s1. The van der Waals surface area contributed by atoms with Crippen molar-refractivity contribution in [1.29, 1.82) is 0 Å². The maximum Gasteiger partial charge on any atom is 0.317 e. The van der Waals surface area contributed by atoms with Crippen molar-refractivity contribution in [3.05, 3.63) is 64.9 Å². The number of amides is 2. The lowest BCUT2D eigenvalue weighted by Crippen LogP contribution is -2.56. The van der Waals surface area contributed by atoms with Crippen molar-refractivity contribution in [2.75, 3.05) is 13.7 Å². The van der Waals surface area contributed by atoms with Crippen LogP contribution in [-0.2, 0) is 19.5 Å². The van der Waals surface area contributed by atoms with Gasteiger partial charge in [-0.05, 0) is 56.9 Å². The number of aryl methyl sites for hydroxylation is 1. The predicted molar refractivity (Wildman–Crippen MR) is 138 cm³/mol. The van der Waals surface area contributed by atoms with Crippen LogP contribution in [0.15, 0.2) is 36.5 Å². The molecule has 8 nitrogen and oxygen atoms in total. The Morgan fingerprint density at radius 2 is 2.11 bits per heavy atom. The number of urea groups is 1. The number of ether oxygens (including phenoxy) is 1. The largest absolute Gasteiger partial charge is 0.496 e. The number of hydrogen-bond donors (Lipinski definition) is 2. The van der Waals surface area contributed by atoms with Crippen LogP contribution in [0.5, 0.6) is 5.75 Å². The number of benzene rings is 1. The SMILES string of the molecule is COc1cccc(F)c1CN1[C@H]2CC[C@@H](NC(=O)N3CCc4[nH]nc(-c5ccnc(C)c5)c4C3)[C@@H]1CC2. The first-order valence-electron chi connectivity index (χ1n) is 13.1. The summed E-state index contributed by atoms with van der Waals surface area (Å²) in [6, 6.07) is 9.56. The summed E-state index contributed by atoms with van der Waals surface area (Å²) >= 11 is 0. The van der Waals surface area contributed by atoms with Gasteiger partial charge in [0, 0.05) is 71.9 Å². The zero-order valence-corrected chi connectivity index (χ0v) is 21.3. The predicted octanol–water partition coefficient (Wildman–Crippen LogP) is 4.19. The molecule has 0 aliphatic carbocycles. The van der Waals surface area contributed by atoms with Crippen LogP contribution in [0.2, 0.25) is 0 Å². The summed E-state index contributed by atoms with van der Waals surface area (Å²) in [5.41, 5.74) is 5.59. The maximum atomic E-state index is 14.7. The van der Waals surface area contributed by atoms with Gasteiger partial charge in [-0.15, -0.1) is 0 Å². The molecule has 0 unspecified atom stereocenters. The lowest BCUT2D eigenvalue weighted by molar-refractivity contribution is 0.0965. The number of piperidine rings is 1. The molecule has 6 rings (SSSR count). The van der Waals surface area contributed by atoms with E-state index in [9.17, 15) is 9.18 Å². The molecule has 9 heteroatoms. The van der Waals surface area contributed by atoms with E-state index in [4.69, 9.17) is 4.74 Å². The Labute approximate surface area is 216 Å². The second-order valence-corrected chi connectivity index (χ2v) is 10.4. The Morgan fingerprint density at radius 1 is 1.24 bits per heavy atom. The third-order valence-electron chi connectivity index (χ3n) is 8.30. The zero-order valence-electron chi connectivity index (χ0n) is 21.3. The quantitative estimate of drug-likeness (QED) is 0.544. The number of nitrogens with zero attached hydrogens (tertiary/aromatic N) is 4. The summed E-state index contributed by atoms with van der Waals surface area (Å²) in [6.45, 7) is 3.62. The fourth-order valence-electron chi connectivity index (χ4n) is 6.40. The molecule has 2 amide bonds. The summed E-state index contributed by atoms with van der Waals surface area (Å²) in [5.74, 6) is 0.337. The molecule has 0 saturated carbocycles. The van der Waals surface area contributed by atoms with Crippen molar-refractivity contribution >= 4 is 6.03 Å². The highest BCUT2D eigenvalue weighted by Gasteiger charge is 2.43. The van der Waals surface area contributed by atoms with Gasteiger partial charge in [0.25, 0.3) is 0 Å². The van der Waals surface area contributed by atoms with Crippen molar-refractivity contribution in [3.63, 3.8) is 0 Å². The van der Waals surface area contributed by atoms with Crippen molar-refractivity contribution in [1.82, 2.24) is 30.3 Å². The van der Waals surface area contributed by atoms with Gasteiger partial charge in [-0.2, -0.15) is 5.10 Å². The molecule has 3 aliphatic heterocycles. The first-order chi connectivity index (χ1) is 18.0. The molecule has 3 aromatic rings. The fraction of sp³-hybridized carbons (Fsp3) is 0.464. The van der Waals surface area contributed by atoms with Crippen LogP contribution in [0.1, 0.15) is 48.2 Å². The minimum absolute atomic E-state index is 0.0390. The second-order valence-electron chi connectivity index (χ2n) is 10.4. The molecule has 2 fully saturated rings. The summed E-state index contributed by atoms with van der Waals surface area (Å²) in [6.07, 6.45) is 6.55. The van der Waals surface area contributed by atoms with Gasteiger partial charge in [0.2, 0.25) is 0 Å². The van der Waals surface area contributed by atoms with E-state index < -0.39 is 0 Å². The highest BCUT2D eigenvalue weighted by molar-refractivity contribution is 5.76. The molecule has 2 aromatic heterocycles. The monoisotopic (exact) mass is 504 g/mol. The highest BCUT2D eigenvalue weighted by Crippen LogP contribution is 2.38. The number of H-pyrrole nitrogens is 1. The van der Waals surface area contributed by atoms with Gasteiger partial charge in [0.05, 0.1) is 19.3 Å². The lowest BCUT2D eigenvalue weighted by atomic mass is 9.96. The van der Waals surface area contributed by atoms with Crippen molar-refractivity contribution in [2.45, 2.75) is 70.2 Å². The molecule has 1 aromatic carbocycles. The van der Waals surface area contributed by atoms with Gasteiger partial charge in [0.15, 0.2) is 0 Å². The van der Waals surface area contributed by atoms with E-state index in [0.29, 0.717) is 37.0 Å². The Bertz CT molecular complexity index is 1310. The molecular formula is C28H33FN6O2. The molecule has 37 heavy (non-hydrogen) atoms. The summed E-state index contributed by atoms with van der Waals surface area (Å²) < 4.78 is 20.1. The number of rotatable bonds is 5. The molecular weight excluding hydrogens is 471 g/mol. The Hall–Kier alpha value is -3.46. The van der Waals surface area contributed by atoms with Gasteiger partial charge in [0.1, 0.15) is 11.6 Å². The Kier molecular flexibility index (Phi) is 6.32. The van der Waals surface area contributed by atoms with E-state index in [1.807, 2.05) is 30.0 Å². The number of halogens is 1. The molecule has 2 bridgehead atoms. The lowest BCUT2D eigenvalue weighted by Gasteiger charge is -2.41. The van der Waals surface area contributed by atoms with Crippen LogP contribution in [-0.4, -0.2) is 62.8 Å². The number of fused-ring (bicyclic) bond motifs is 3. The van der Waals surface area contributed by atoms with E-state index in [1.165, 1.54) is 6.07 Å². The number of aromatic amines is 1. The van der Waals surface area contributed by atoms with Gasteiger partial charge < -0.3 is 15.0 Å². The normalized spacial score (nSPS) is 23.1. The molecule has 5 heterocycles. The molecule has 0 radical (unpaired) electrons. The summed E-state index contributed by atoms with van der Waals surface area (Å²) in [4.78, 5) is 22.0. The zero-order chi connectivity index (χ0) is 25.5. The molecule has 2 saturated heterocycles. The van der Waals surface area contributed by atoms with Crippen molar-refractivity contribution in [3.8, 4) is 17.0 Å². The number of aromatic nitrogens is 3. The smallest absolute Gasteiger partial charge is 0.317 e. The van der Waals surface area contributed by atoms with Gasteiger partial charge in [-0.1, -0.05) is 6.07 Å². The van der Waals surface area contributed by atoms with Gasteiger partial charge in [-0.25, -0.2) is 9.18 Å². The van der Waals surface area contributed by atoms with Crippen LogP contribution in [0.4, 0.5) is 9.18 Å². The summed E-state index contributed by atoms with van der Waals surface area (Å²) in [5, 5.41) is 11.1. The van der Waals surface area contributed by atoms with E-state index >= 15 is 0 Å². The summed E-state index contributed by atoms with van der Waals surface area (Å²) in [7, 11) is 1.58. The highest BCUT2D eigenvalue weighted by atomic mass is 19.1. The van der Waals surface area contributed by atoms with Crippen LogP contribution in [0, 0.1) is 12.7 Å². The average Bonchev–Trinajstić information content (AvgIpc) is 3.45. The van der Waals surface area contributed by atoms with Crippen LogP contribution in [0.3, 0.4) is 0 Å². The van der Waals surface area contributed by atoms with Crippen molar-refractivity contribution < 1.29 is 13.9 Å². The molecule has 3 aliphatic rings. The van der Waals surface area contributed by atoms with E-state index in [-0.39, 0.29) is 23.9 Å². The first kappa shape index (κ1) is 23.9. The third-order valence-corrected chi connectivity index (χ3v) is 8.30. The van der Waals surface area contributed by atoms with Crippen LogP contribution >= 0.6 is 0 Å². The number of hydrogen-bond acceptors (Lipinski definition) is 5. The number of nitrogens with one attached hydrogen (secondary N) is 2. The fourth-order valence-corrected chi connectivity index (χ4v) is 6.40. The first-order valence-corrected chi connectivity index (χ1v) is 13.1. The number of pyridine rings is 1. The van der Waals surface area contributed by atoms with Crippen molar-refractivity contribution in [2.24, 2.45) is 0 Å². The van der Waals surface area contributed by atoms with E-state index in [0.717, 1.165) is 60.3 Å². The van der Waals surface area contributed by atoms with Crippen LogP contribution in [0.25, 0.3) is 11.3 Å². The Balaban J connectivity index is 1.16. The molecule has 2 N–H and O–H groups in total. The number of carbonyl (C=O) groups is 1. The molecule has 3 atom stereocenters. The molecule has 194 valence electrons. The third kappa shape index (κ3) is 4.45. The topological polar surface area (TPSA) is 86.4 Å². The van der Waals surface area contributed by atoms with Gasteiger partial charge >= 0.3 is 6.03 Å². The Morgan fingerprint density at radius 3 is 2.95 bits per heavy atom. The minimum Gasteiger partial charge on any atom is -0.496 e. The number of methoxy groups -OCH3 is 1. The maximum absolute atomic E-state index is 14.7. The van der Waals surface area contributed by atoms with E-state index in [2.05, 4.69) is 25.4 Å². The van der Waals surface area contributed by atoms with E-state index in [1.54, 1.807) is 19.4 Å². The molecule has 0 spiro atoms. The average molecular weight is 505 g/mol. The second kappa shape index (κ2) is 9.78. The van der Waals surface area contributed by atoms with Gasteiger partial charge in [-0.3, -0.25) is 15.0 Å². The van der Waals surface area contributed by atoms with Crippen LogP contribution < -0.4 is 10.1 Å².